The van der Waals surface area contributed by atoms with Gasteiger partial charge >= 0.3 is 11.9 Å². The zero-order chi connectivity index (χ0) is 96.3. The third-order valence-electron chi connectivity index (χ3n) is 22.3. The van der Waals surface area contributed by atoms with Gasteiger partial charge in [0.2, 0.25) is 106 Å². The van der Waals surface area contributed by atoms with E-state index in [0.717, 1.165) is 25.6 Å². The van der Waals surface area contributed by atoms with E-state index < -0.39 is 338 Å². The zero-order valence-electron chi connectivity index (χ0n) is 74.3. The lowest BCUT2D eigenvalue weighted by atomic mass is 9.96. The van der Waals surface area contributed by atoms with Crippen molar-refractivity contribution in [1.29, 1.82) is 0 Å². The Hall–Kier alpha value is -10.7. The molecule has 4 fully saturated rings. The number of aromatic nitrogens is 1. The van der Waals surface area contributed by atoms with Crippen molar-refractivity contribution >= 4 is 175 Å². The van der Waals surface area contributed by atoms with Gasteiger partial charge in [0.25, 0.3) is 0 Å². The molecule has 0 saturated carbocycles. The molecule has 129 heavy (non-hydrogen) atoms. The van der Waals surface area contributed by atoms with Crippen LogP contribution < -0.4 is 101 Å². The molecular weight excluding hydrogens is 1770 g/mol. The molecule has 0 radical (unpaired) electrons. The predicted molar refractivity (Wildman–Crippen MR) is 476 cm³/mol. The summed E-state index contributed by atoms with van der Waals surface area (Å²) in [5.74, 6) is -30.7. The highest BCUT2D eigenvalue weighted by atomic mass is 32.2. The average Bonchev–Trinajstić information content (AvgIpc) is 1.73. The molecule has 6 rings (SSSR count). The van der Waals surface area contributed by atoms with E-state index in [0.29, 0.717) is 40.0 Å². The Balaban J connectivity index is 1.62. The molecule has 44 nitrogen and oxygen atoms in total. The molecule has 4 bridgehead atoms. The van der Waals surface area contributed by atoms with E-state index in [1.807, 2.05) is 0 Å². The van der Waals surface area contributed by atoms with Gasteiger partial charge in [0.1, 0.15) is 96.7 Å². The number of H-pyrrole nitrogens is 1. The van der Waals surface area contributed by atoms with Gasteiger partial charge in [-0.3, -0.25) is 95.3 Å². The first-order chi connectivity index (χ1) is 60.7. The number of hydrogen-bond donors (Lipinski definition) is 23. The summed E-state index contributed by atoms with van der Waals surface area (Å²) in [4.78, 5) is 296. The predicted octanol–water partition coefficient (Wildman–Crippen LogP) is -6.39. The number of carbonyl (C=O) groups excluding carboxylic acids is 18. The second kappa shape index (κ2) is 50.5. The number of aliphatic hydroxyl groups is 1. The van der Waals surface area contributed by atoms with E-state index in [2.05, 4.69) is 101 Å². The van der Waals surface area contributed by atoms with Crippen molar-refractivity contribution in [3.63, 3.8) is 0 Å². The smallest absolute Gasteiger partial charge is 0.327 e. The van der Waals surface area contributed by atoms with Gasteiger partial charge in [0.05, 0.1) is 36.7 Å². The molecule has 23 atom stereocenters. The summed E-state index contributed by atoms with van der Waals surface area (Å²) in [7, 11) is -2.60. The van der Waals surface area contributed by atoms with Crippen molar-refractivity contribution in [2.24, 2.45) is 35.3 Å². The minimum absolute atomic E-state index is 0.0970. The van der Waals surface area contributed by atoms with Gasteiger partial charge in [0.15, 0.2) is 0 Å². The lowest BCUT2D eigenvalue weighted by Crippen LogP contribution is -2.63. The standard InChI is InChI=1S/C81H124N20O24S4/c1-15-37(9)60-76(118)88-47(21-22-57(105)106)69(111)91-52-31-127-40(12)62(101-73(115)51-30-126-29-45(82)66(108)90-50(28-102)67(109)84-26-55(103)87-49(71(113)96-58(35(5)6)74(116)92-51)24-43-25-83-46-20-18-17-19-44(43)46)78(120)89-48(23-34(3)4)70(112)100-63(79(121)99-60)41(13)128-32-53-72(114)86-39(11)65(107)94-54(81(123)124)33-129(125)42(14)64(95-56(104)27-85-68(52)110)80(122)97-59(36(7)8)75(117)98-61(38(10)16-2)77(119)93-53/h17-20,25,34-42,45,47-54,58-64,83,102H,15-16,21-24,26-33,82H2,1-14H3,(H,84,109)(H,85,110)(H,86,114)(H,87,103)(H,88,118)(H,89,120)(H,90,108)(H,91,111)(H,92,116)(H,93,119)(H,94,107)(H,95,104)(H,96,113)(H,97,122)(H,98,117)(H,99,121)(H,100,112)(H,101,115)(H,105,106)(H,123,124)/t37?,38?,39-,40-,41-,42-,45-,47-,48-,49-,50-,51+,52-,53-,54-,58-,59-,60-,61-,62+,63+,64-,129?/m0/s1. The quantitative estimate of drug-likeness (QED) is 0.0655. The van der Waals surface area contributed by atoms with Gasteiger partial charge in [-0.1, -0.05) is 114 Å². The molecule has 1 aromatic carbocycles. The number of thioether (sulfide) groups is 3. The highest BCUT2D eigenvalue weighted by Crippen LogP contribution is 2.25. The highest BCUT2D eigenvalue weighted by molar-refractivity contribution is 8.00. The van der Waals surface area contributed by atoms with Crippen molar-refractivity contribution in [2.45, 2.75) is 254 Å². The van der Waals surface area contributed by atoms with E-state index in [1.165, 1.54) is 48.5 Å². The number of nitrogens with one attached hydrogen (secondary N) is 19. The fourth-order valence-corrected chi connectivity index (χ4v) is 18.5. The number of aliphatic hydroxyl groups excluding tert-OH is 1. The van der Waals surface area contributed by atoms with Crippen LogP contribution in [0.4, 0.5) is 0 Å². The maximum Gasteiger partial charge on any atom is 0.327 e. The third kappa shape index (κ3) is 31.5. The van der Waals surface area contributed by atoms with Gasteiger partial charge in [-0.05, 0) is 67.9 Å². The summed E-state index contributed by atoms with van der Waals surface area (Å²) < 4.78 is 14.6. The minimum Gasteiger partial charge on any atom is -0.481 e. The number of hydrogen-bond acceptors (Lipinski definition) is 26. The maximum absolute atomic E-state index is 15.9. The van der Waals surface area contributed by atoms with Crippen LogP contribution in [0.15, 0.2) is 30.5 Å². The molecule has 5 heterocycles. The van der Waals surface area contributed by atoms with E-state index in [-0.39, 0.29) is 25.7 Å². The average molecular weight is 1890 g/mol. The molecule has 3 unspecified atom stereocenters. The molecule has 1 aromatic heterocycles. The lowest BCUT2D eigenvalue weighted by Gasteiger charge is -2.32. The minimum atomic E-state index is -2.60. The Labute approximate surface area is 761 Å². The van der Waals surface area contributed by atoms with Crippen LogP contribution in [0.3, 0.4) is 0 Å². The van der Waals surface area contributed by atoms with E-state index in [9.17, 15) is 72.3 Å². The maximum atomic E-state index is 15.9. The van der Waals surface area contributed by atoms with Crippen LogP contribution in [0.2, 0.25) is 0 Å². The number of rotatable bonds is 17. The van der Waals surface area contributed by atoms with Crippen LogP contribution in [-0.2, 0) is 113 Å². The number of amides is 18. The number of carbonyl (C=O) groups is 20. The topological polar surface area (TPSA) is 678 Å². The van der Waals surface area contributed by atoms with Gasteiger partial charge in [-0.15, -0.1) is 0 Å². The summed E-state index contributed by atoms with van der Waals surface area (Å²) in [6, 6.07) is -23.2. The zero-order valence-corrected chi connectivity index (χ0v) is 77.6. The van der Waals surface area contributed by atoms with Gasteiger partial charge in [0, 0.05) is 74.3 Å². The number of aliphatic carboxylic acids is 2. The molecule has 48 heteroatoms. The Morgan fingerprint density at radius 1 is 0.496 bits per heavy atom. The lowest BCUT2D eigenvalue weighted by molar-refractivity contribution is -0.141. The first kappa shape index (κ1) is 107. The Kier molecular flexibility index (Phi) is 41.9. The normalized spacial score (nSPS) is 30.4. The molecule has 4 aliphatic heterocycles. The van der Waals surface area contributed by atoms with Crippen molar-refractivity contribution < 1.29 is 115 Å². The number of carboxylic acids is 2. The van der Waals surface area contributed by atoms with Crippen molar-refractivity contribution in [3.05, 3.63) is 36.0 Å². The van der Waals surface area contributed by atoms with Crippen molar-refractivity contribution in [1.82, 2.24) is 101 Å². The first-order valence-electron chi connectivity index (χ1n) is 42.6. The molecule has 18 amide bonds. The largest absolute Gasteiger partial charge is 0.481 e. The number of benzene rings is 1. The molecule has 0 spiro atoms. The fourth-order valence-electron chi connectivity index (χ4n) is 13.9. The molecular formula is C81H124N20O24S4. The van der Waals surface area contributed by atoms with Crippen LogP contribution in [0.5, 0.6) is 0 Å². The molecule has 4 aliphatic rings. The van der Waals surface area contributed by atoms with Crippen LogP contribution in [-0.4, -0.2) is 310 Å². The summed E-state index contributed by atoms with van der Waals surface area (Å²) in [6.45, 7) is 17.8. The number of nitrogens with two attached hydrogens (primary N) is 1. The summed E-state index contributed by atoms with van der Waals surface area (Å²) in [6.07, 6.45) is -0.198. The number of carboxylic acid groups (broad SMARTS) is 2. The second-order valence-corrected chi connectivity index (χ2v) is 39.3. The third-order valence-corrected chi connectivity index (χ3v) is 27.8. The van der Waals surface area contributed by atoms with Gasteiger partial charge in [-0.25, -0.2) is 4.79 Å². The Bertz CT molecular complexity index is 4470. The second-order valence-electron chi connectivity index (χ2n) is 33.6. The Morgan fingerprint density at radius 2 is 1.00 bits per heavy atom. The van der Waals surface area contributed by atoms with Crippen LogP contribution in [0.25, 0.3) is 10.9 Å². The van der Waals surface area contributed by atoms with E-state index >= 15 is 43.2 Å². The SMILES string of the molecule is CCC(C)[C@@H]1NC(=O)[C@H](C(C)C)NC(=O)[C@H]2NC(=O)CNC(=O)[C@@H]3CS[C@@H](C)[C@@H](NC(=O)[C@H]4CSC[C@H](N)C(=O)N[C@@H](CO)C(=O)NCC(=O)N[C@@H](Cc5c[nH]c6ccccc56)C(=O)N[C@@H](C(C)C)C(=O)N4)C(=O)N[C@@H](CC(C)C)C(=O)N[C@@H](C(=O)N[C@@H](C(C)CC)C(=O)N[C@@H](CCC(=O)O)C(=O)N3)[C@H](C)SC[C@H](NC1=O)C(=O)N[C@@H](C)C(=O)N[C@H](C(=O)O)CS(=O)[C@H]2C. The van der Waals surface area contributed by atoms with Crippen molar-refractivity contribution in [2.75, 3.05) is 48.5 Å². The number of aromatic amines is 1. The molecule has 4 saturated heterocycles. The monoisotopic (exact) mass is 1890 g/mol. The fraction of sp³-hybridized carbons (Fsp3) is 0.654. The van der Waals surface area contributed by atoms with Crippen LogP contribution in [0.1, 0.15) is 135 Å². The summed E-state index contributed by atoms with van der Waals surface area (Å²) in [5, 5.41) is 72.5. The van der Waals surface area contributed by atoms with E-state index in [1.54, 1.807) is 65.1 Å². The first-order valence-corrected chi connectivity index (χ1v) is 47.3. The number of para-hydroxylation sites is 1. The molecule has 716 valence electrons. The van der Waals surface area contributed by atoms with Crippen LogP contribution >= 0.6 is 35.3 Å². The molecule has 0 aliphatic carbocycles. The Morgan fingerprint density at radius 3 is 1.60 bits per heavy atom. The van der Waals surface area contributed by atoms with E-state index in [4.69, 9.17) is 5.73 Å². The summed E-state index contributed by atoms with van der Waals surface area (Å²) >= 11 is 2.12. The highest BCUT2D eigenvalue weighted by Gasteiger charge is 2.45. The van der Waals surface area contributed by atoms with Gasteiger partial charge in [-0.2, -0.15) is 35.3 Å². The summed E-state index contributed by atoms with van der Waals surface area (Å²) in [5.41, 5.74) is 7.53. The molecule has 2 aromatic rings. The molecule has 24 N–H and O–H groups in total. The van der Waals surface area contributed by atoms with Crippen LogP contribution in [0, 0.1) is 29.6 Å². The van der Waals surface area contributed by atoms with Crippen molar-refractivity contribution in [3.8, 4) is 0 Å². The van der Waals surface area contributed by atoms with Gasteiger partial charge < -0.3 is 122 Å². The number of fused-ring (bicyclic) bond motifs is 19.